The number of carbonyl (C=O) groups excluding carboxylic acids is 2. The zero-order chi connectivity index (χ0) is 25.5. The van der Waals surface area contributed by atoms with Crippen LogP contribution < -0.4 is 4.74 Å². The number of carbonyl (C=O) groups is 2. The van der Waals surface area contributed by atoms with Crippen LogP contribution in [-0.4, -0.2) is 78.4 Å². The highest BCUT2D eigenvalue weighted by Crippen LogP contribution is 2.45. The Morgan fingerprint density at radius 1 is 0.973 bits per heavy atom. The number of methoxy groups -OCH3 is 1. The lowest BCUT2D eigenvalue weighted by molar-refractivity contribution is -0.133. The van der Waals surface area contributed by atoms with Gasteiger partial charge in [0, 0.05) is 53.8 Å². The fourth-order valence-corrected chi connectivity index (χ4v) is 5.60. The summed E-state index contributed by atoms with van der Waals surface area (Å²) in [5.41, 5.74) is 5.44. The van der Waals surface area contributed by atoms with E-state index in [4.69, 9.17) is 4.74 Å². The molecule has 0 bridgehead atoms. The van der Waals surface area contributed by atoms with Crippen LogP contribution in [0, 0.1) is 0 Å². The number of ether oxygens (including phenoxy) is 1. The Hall–Kier alpha value is -4.10. The first kappa shape index (κ1) is 23.3. The van der Waals surface area contributed by atoms with Crippen LogP contribution in [0.1, 0.15) is 27.5 Å². The van der Waals surface area contributed by atoms with Gasteiger partial charge in [-0.15, -0.1) is 0 Å². The molecule has 2 amide bonds. The van der Waals surface area contributed by atoms with Crippen molar-refractivity contribution in [1.82, 2.24) is 19.7 Å². The predicted molar refractivity (Wildman–Crippen MR) is 144 cm³/mol. The number of nitrogens with one attached hydrogen (secondary N) is 1. The van der Waals surface area contributed by atoms with Crippen molar-refractivity contribution in [2.24, 2.45) is 0 Å². The SMILES string of the molecule is COc1cccc(-c2[nH]c3ccccc3c2[C@@H]2c3ccccc3C(=O)N2CC(=O)N2CCN(C)CC2)c1. The number of aromatic amines is 1. The molecule has 3 aromatic carbocycles. The zero-order valence-electron chi connectivity index (χ0n) is 21.1. The predicted octanol–water partition coefficient (Wildman–Crippen LogP) is 4.16. The molecule has 0 saturated carbocycles. The second-order valence-corrected chi connectivity index (χ2v) is 9.80. The van der Waals surface area contributed by atoms with Crippen molar-refractivity contribution in [2.45, 2.75) is 6.04 Å². The van der Waals surface area contributed by atoms with E-state index in [-0.39, 0.29) is 18.4 Å². The Morgan fingerprint density at radius 3 is 2.54 bits per heavy atom. The molecule has 7 heteroatoms. The van der Waals surface area contributed by atoms with E-state index in [0.29, 0.717) is 18.7 Å². The van der Waals surface area contributed by atoms with E-state index in [1.807, 2.05) is 71.6 Å². The first-order valence-electron chi connectivity index (χ1n) is 12.7. The molecule has 1 N–H and O–H groups in total. The normalized spacial score (nSPS) is 17.9. The summed E-state index contributed by atoms with van der Waals surface area (Å²) in [4.78, 5) is 36.7. The summed E-state index contributed by atoms with van der Waals surface area (Å²) in [5, 5.41) is 1.03. The Bertz CT molecular complexity index is 1490. The quantitative estimate of drug-likeness (QED) is 0.452. The van der Waals surface area contributed by atoms with Crippen LogP contribution in [-0.2, 0) is 4.79 Å². The number of hydrogen-bond acceptors (Lipinski definition) is 4. The largest absolute Gasteiger partial charge is 0.497 e. The Kier molecular flexibility index (Phi) is 5.93. The number of rotatable bonds is 5. The van der Waals surface area contributed by atoms with Crippen LogP contribution in [0.15, 0.2) is 72.8 Å². The summed E-state index contributed by atoms with van der Waals surface area (Å²) in [6.07, 6.45) is 0. The summed E-state index contributed by atoms with van der Waals surface area (Å²) in [5.74, 6) is 0.638. The number of hydrogen-bond donors (Lipinski definition) is 1. The van der Waals surface area contributed by atoms with Gasteiger partial charge in [-0.25, -0.2) is 0 Å². The van der Waals surface area contributed by atoms with Crippen molar-refractivity contribution < 1.29 is 14.3 Å². The molecule has 7 nitrogen and oxygen atoms in total. The zero-order valence-corrected chi connectivity index (χ0v) is 21.1. The van der Waals surface area contributed by atoms with Gasteiger partial charge in [0.15, 0.2) is 0 Å². The standard InChI is InChI=1S/C30H30N4O3/c1-32-14-16-33(17-15-32)26(35)19-34-29(22-10-3-4-11-23(22)30(34)36)27-24-12-5-6-13-25(24)31-28(27)20-8-7-9-21(18-20)37-2/h3-13,18,29,31H,14-17,19H2,1-2H3/t29-/m0/s1. The van der Waals surface area contributed by atoms with E-state index in [2.05, 4.69) is 23.0 Å². The second-order valence-electron chi connectivity index (χ2n) is 9.80. The van der Waals surface area contributed by atoms with Gasteiger partial charge in [-0.1, -0.05) is 48.5 Å². The number of piperazine rings is 1. The third-order valence-electron chi connectivity index (χ3n) is 7.60. The average Bonchev–Trinajstić information content (AvgIpc) is 3.44. The maximum absolute atomic E-state index is 13.8. The summed E-state index contributed by atoms with van der Waals surface area (Å²) in [7, 11) is 3.72. The second kappa shape index (κ2) is 9.41. The number of H-pyrrole nitrogens is 1. The molecule has 188 valence electrons. The third-order valence-corrected chi connectivity index (χ3v) is 7.60. The number of fused-ring (bicyclic) bond motifs is 2. The van der Waals surface area contributed by atoms with Gasteiger partial charge >= 0.3 is 0 Å². The molecule has 0 radical (unpaired) electrons. The van der Waals surface area contributed by atoms with Gasteiger partial charge in [0.25, 0.3) is 5.91 Å². The highest BCUT2D eigenvalue weighted by Gasteiger charge is 2.41. The smallest absolute Gasteiger partial charge is 0.255 e. The van der Waals surface area contributed by atoms with E-state index < -0.39 is 6.04 Å². The number of nitrogens with zero attached hydrogens (tertiary/aromatic N) is 3. The van der Waals surface area contributed by atoms with Gasteiger partial charge in [-0.3, -0.25) is 9.59 Å². The minimum atomic E-state index is -0.391. The first-order valence-corrected chi connectivity index (χ1v) is 12.7. The monoisotopic (exact) mass is 494 g/mol. The molecule has 0 spiro atoms. The number of likely N-dealkylation sites (N-methyl/N-ethyl adjacent to an activating group) is 1. The molecular formula is C30H30N4O3. The minimum Gasteiger partial charge on any atom is -0.497 e. The maximum atomic E-state index is 13.8. The number of benzene rings is 3. The van der Waals surface area contributed by atoms with Crippen molar-refractivity contribution in [3.05, 3.63) is 89.5 Å². The van der Waals surface area contributed by atoms with Crippen LogP contribution in [0.3, 0.4) is 0 Å². The van der Waals surface area contributed by atoms with Crippen LogP contribution in [0.4, 0.5) is 0 Å². The van der Waals surface area contributed by atoms with E-state index >= 15 is 0 Å². The summed E-state index contributed by atoms with van der Waals surface area (Å²) < 4.78 is 5.51. The van der Waals surface area contributed by atoms with E-state index in [1.54, 1.807) is 12.0 Å². The molecule has 6 rings (SSSR count). The molecule has 0 aliphatic carbocycles. The van der Waals surface area contributed by atoms with Gasteiger partial charge < -0.3 is 24.4 Å². The van der Waals surface area contributed by atoms with Crippen LogP contribution in [0.2, 0.25) is 0 Å². The Morgan fingerprint density at radius 2 is 1.73 bits per heavy atom. The molecule has 1 saturated heterocycles. The Labute approximate surface area is 216 Å². The summed E-state index contributed by atoms with van der Waals surface area (Å²) >= 11 is 0. The molecule has 3 heterocycles. The molecule has 0 unspecified atom stereocenters. The van der Waals surface area contributed by atoms with E-state index in [9.17, 15) is 9.59 Å². The van der Waals surface area contributed by atoms with Gasteiger partial charge in [0.05, 0.1) is 18.8 Å². The lowest BCUT2D eigenvalue weighted by Crippen LogP contribution is -2.50. The van der Waals surface area contributed by atoms with Gasteiger partial charge in [0.2, 0.25) is 5.91 Å². The number of para-hydroxylation sites is 1. The molecule has 2 aliphatic heterocycles. The molecular weight excluding hydrogens is 464 g/mol. The Balaban J connectivity index is 1.49. The van der Waals surface area contributed by atoms with Gasteiger partial charge in [-0.2, -0.15) is 0 Å². The van der Waals surface area contributed by atoms with E-state index in [1.165, 1.54) is 0 Å². The highest BCUT2D eigenvalue weighted by molar-refractivity contribution is 6.03. The topological polar surface area (TPSA) is 68.9 Å². The van der Waals surface area contributed by atoms with Crippen LogP contribution in [0.25, 0.3) is 22.2 Å². The minimum absolute atomic E-state index is 0.0120. The average molecular weight is 495 g/mol. The summed E-state index contributed by atoms with van der Waals surface area (Å²) in [6.45, 7) is 3.07. The van der Waals surface area contributed by atoms with Gasteiger partial charge in [0.1, 0.15) is 12.3 Å². The van der Waals surface area contributed by atoms with Crippen LogP contribution >= 0.6 is 0 Å². The molecule has 2 aliphatic rings. The lowest BCUT2D eigenvalue weighted by atomic mass is 9.93. The number of amides is 2. The van der Waals surface area contributed by atoms with Crippen molar-refractivity contribution in [3.63, 3.8) is 0 Å². The van der Waals surface area contributed by atoms with E-state index in [0.717, 1.165) is 52.1 Å². The molecule has 1 aromatic heterocycles. The molecule has 1 atom stereocenters. The highest BCUT2D eigenvalue weighted by atomic mass is 16.5. The maximum Gasteiger partial charge on any atom is 0.255 e. The van der Waals surface area contributed by atoms with Crippen molar-refractivity contribution in [1.29, 1.82) is 0 Å². The third kappa shape index (κ3) is 4.05. The fraction of sp³-hybridized carbons (Fsp3) is 0.267. The molecule has 4 aromatic rings. The summed E-state index contributed by atoms with van der Waals surface area (Å²) in [6, 6.07) is 23.4. The first-order chi connectivity index (χ1) is 18.0. The van der Waals surface area contributed by atoms with Crippen molar-refractivity contribution >= 4 is 22.7 Å². The lowest BCUT2D eigenvalue weighted by Gasteiger charge is -2.34. The number of aromatic nitrogens is 1. The molecule has 37 heavy (non-hydrogen) atoms. The van der Waals surface area contributed by atoms with Crippen LogP contribution in [0.5, 0.6) is 5.75 Å². The van der Waals surface area contributed by atoms with Crippen molar-refractivity contribution in [2.75, 3.05) is 46.9 Å². The van der Waals surface area contributed by atoms with Gasteiger partial charge in [-0.05, 0) is 36.9 Å². The van der Waals surface area contributed by atoms with Crippen molar-refractivity contribution in [3.8, 4) is 17.0 Å². The fourth-order valence-electron chi connectivity index (χ4n) is 5.60. The molecule has 1 fully saturated rings.